The van der Waals surface area contributed by atoms with E-state index in [0.717, 1.165) is 62.4 Å². The molecule has 3 aliphatic heterocycles. The van der Waals surface area contributed by atoms with E-state index in [4.69, 9.17) is 5.73 Å². The van der Waals surface area contributed by atoms with Crippen molar-refractivity contribution >= 4 is 52.4 Å². The lowest BCUT2D eigenvalue weighted by molar-refractivity contribution is -0.132. The lowest BCUT2D eigenvalue weighted by Gasteiger charge is -2.32. The number of carbonyl (C=O) groups is 5. The number of carbonyl (C=O) groups excluding carboxylic acids is 5. The molecule has 1 saturated heterocycles. The molecule has 1 atom stereocenters. The molecule has 1 aromatic carbocycles. The molecular weight excluding hydrogens is 506 g/mol. The van der Waals surface area contributed by atoms with E-state index in [1.165, 1.54) is 5.04 Å². The Morgan fingerprint density at radius 2 is 1.89 bits per heavy atom. The van der Waals surface area contributed by atoms with Gasteiger partial charge in [0.05, 0.1) is 16.2 Å². The van der Waals surface area contributed by atoms with Crippen LogP contribution in [-0.2, 0) is 14.4 Å². The van der Waals surface area contributed by atoms with E-state index in [1.807, 2.05) is 16.7 Å². The van der Waals surface area contributed by atoms with Crippen LogP contribution in [0.4, 0.5) is 5.69 Å². The Bertz CT molecular complexity index is 1120. The zero-order valence-electron chi connectivity index (χ0n) is 21.5. The van der Waals surface area contributed by atoms with Crippen molar-refractivity contribution in [3.63, 3.8) is 0 Å². The molecule has 0 aromatic heterocycles. The first-order valence-electron chi connectivity index (χ1n) is 13.3. The Kier molecular flexibility index (Phi) is 9.54. The number of hydrogen-bond acceptors (Lipinski definition) is 8. The first-order chi connectivity index (χ1) is 18.4. The molecule has 11 heteroatoms. The Labute approximate surface area is 226 Å². The van der Waals surface area contributed by atoms with Gasteiger partial charge in [-0.3, -0.25) is 29.1 Å². The molecule has 1 unspecified atom stereocenters. The maximum absolute atomic E-state index is 12.9. The maximum atomic E-state index is 12.9. The third-order valence-corrected chi connectivity index (χ3v) is 8.46. The number of aldehydes is 1. The van der Waals surface area contributed by atoms with Crippen molar-refractivity contribution in [3.05, 3.63) is 29.3 Å². The Balaban J connectivity index is 1.18. The number of unbranched alkanes of at least 4 members (excludes halogenated alkanes) is 2. The summed E-state index contributed by atoms with van der Waals surface area (Å²) < 4.78 is 0. The van der Waals surface area contributed by atoms with Gasteiger partial charge in [0.25, 0.3) is 11.8 Å². The summed E-state index contributed by atoms with van der Waals surface area (Å²) in [5.41, 5.74) is 6.52. The number of nitrogens with two attached hydrogens (primary N) is 1. The molecule has 3 N–H and O–H groups in total. The molecule has 4 amide bonds. The van der Waals surface area contributed by atoms with Gasteiger partial charge in [-0.1, -0.05) is 6.42 Å². The SMILES string of the molecule is NC(=O)C(CCC=O)N1C(=O)c2ccc(NCCCCCC(=O)N3CCC(C4=NCCS4)CC3)cc2C1=O. The number of amides is 4. The first-order valence-corrected chi connectivity index (χ1v) is 14.3. The Hall–Kier alpha value is -3.21. The number of fused-ring (bicyclic) bond motifs is 1. The fourth-order valence-corrected chi connectivity index (χ4v) is 6.27. The number of primary amides is 1. The zero-order valence-corrected chi connectivity index (χ0v) is 22.3. The van der Waals surface area contributed by atoms with Gasteiger partial charge in [-0.05, 0) is 50.3 Å². The Morgan fingerprint density at radius 3 is 2.58 bits per heavy atom. The fourth-order valence-electron chi connectivity index (χ4n) is 5.22. The summed E-state index contributed by atoms with van der Waals surface area (Å²) in [6, 6.07) is 3.74. The first kappa shape index (κ1) is 27.8. The number of piperidine rings is 1. The number of rotatable bonds is 13. The van der Waals surface area contributed by atoms with Crippen molar-refractivity contribution < 1.29 is 24.0 Å². The average molecular weight is 542 g/mol. The number of nitrogens with zero attached hydrogens (tertiary/aromatic N) is 3. The number of benzene rings is 1. The van der Waals surface area contributed by atoms with Crippen LogP contribution < -0.4 is 11.1 Å². The van der Waals surface area contributed by atoms with E-state index in [2.05, 4.69) is 10.3 Å². The largest absolute Gasteiger partial charge is 0.385 e. The van der Waals surface area contributed by atoms with Gasteiger partial charge < -0.3 is 20.7 Å². The third-order valence-electron chi connectivity index (χ3n) is 7.32. The summed E-state index contributed by atoms with van der Waals surface area (Å²) in [5, 5.41) is 4.55. The molecule has 10 nitrogen and oxygen atoms in total. The van der Waals surface area contributed by atoms with Crippen LogP contribution in [0.15, 0.2) is 23.2 Å². The molecule has 0 radical (unpaired) electrons. The minimum atomic E-state index is -1.15. The molecule has 0 spiro atoms. The highest BCUT2D eigenvalue weighted by molar-refractivity contribution is 8.14. The number of thioether (sulfide) groups is 1. The van der Waals surface area contributed by atoms with Crippen LogP contribution in [0.1, 0.15) is 72.1 Å². The topological polar surface area (TPSA) is 142 Å². The molecule has 204 valence electrons. The van der Waals surface area contributed by atoms with Gasteiger partial charge >= 0.3 is 0 Å². The highest BCUT2D eigenvalue weighted by Crippen LogP contribution is 2.29. The minimum Gasteiger partial charge on any atom is -0.385 e. The molecule has 38 heavy (non-hydrogen) atoms. The van der Waals surface area contributed by atoms with Crippen molar-refractivity contribution in [1.29, 1.82) is 0 Å². The van der Waals surface area contributed by atoms with Crippen molar-refractivity contribution in [2.24, 2.45) is 16.6 Å². The fraction of sp³-hybridized carbons (Fsp3) is 0.556. The van der Waals surface area contributed by atoms with E-state index in [0.29, 0.717) is 30.9 Å². The van der Waals surface area contributed by atoms with Crippen molar-refractivity contribution in [3.8, 4) is 0 Å². The van der Waals surface area contributed by atoms with Gasteiger partial charge in [-0.2, -0.15) is 0 Å². The highest BCUT2D eigenvalue weighted by atomic mass is 32.2. The van der Waals surface area contributed by atoms with Crippen molar-refractivity contribution in [1.82, 2.24) is 9.80 Å². The van der Waals surface area contributed by atoms with Crippen molar-refractivity contribution in [2.45, 2.75) is 57.4 Å². The Morgan fingerprint density at radius 1 is 1.13 bits per heavy atom. The molecule has 0 aliphatic carbocycles. The second-order valence-corrected chi connectivity index (χ2v) is 11.0. The van der Waals surface area contributed by atoms with Crippen LogP contribution >= 0.6 is 11.8 Å². The van der Waals surface area contributed by atoms with Crippen LogP contribution in [0, 0.1) is 5.92 Å². The predicted molar refractivity (Wildman–Crippen MR) is 146 cm³/mol. The normalized spacial score (nSPS) is 18.4. The maximum Gasteiger partial charge on any atom is 0.262 e. The summed E-state index contributed by atoms with van der Waals surface area (Å²) >= 11 is 1.87. The number of aliphatic imine (C=N–C) groups is 1. The molecule has 0 saturated carbocycles. The number of imide groups is 1. The summed E-state index contributed by atoms with van der Waals surface area (Å²) in [6.07, 6.45) is 5.81. The van der Waals surface area contributed by atoms with E-state index in [-0.39, 0.29) is 29.9 Å². The molecule has 1 aromatic rings. The highest BCUT2D eigenvalue weighted by Gasteiger charge is 2.42. The average Bonchev–Trinajstić information content (AvgIpc) is 3.54. The van der Waals surface area contributed by atoms with Gasteiger partial charge in [0.15, 0.2) is 0 Å². The number of anilines is 1. The van der Waals surface area contributed by atoms with Gasteiger partial charge in [0.1, 0.15) is 12.3 Å². The number of nitrogens with one attached hydrogen (secondary N) is 1. The van der Waals surface area contributed by atoms with E-state index < -0.39 is 23.8 Å². The monoisotopic (exact) mass is 541 g/mol. The van der Waals surface area contributed by atoms with E-state index >= 15 is 0 Å². The van der Waals surface area contributed by atoms with Crippen LogP contribution in [0.2, 0.25) is 0 Å². The van der Waals surface area contributed by atoms with Crippen LogP contribution in [0.3, 0.4) is 0 Å². The van der Waals surface area contributed by atoms with Crippen LogP contribution in [0.5, 0.6) is 0 Å². The smallest absolute Gasteiger partial charge is 0.262 e. The van der Waals surface area contributed by atoms with Crippen molar-refractivity contribution in [2.75, 3.05) is 37.2 Å². The van der Waals surface area contributed by atoms with E-state index in [1.54, 1.807) is 18.2 Å². The third kappa shape index (κ3) is 6.43. The van der Waals surface area contributed by atoms with Crippen LogP contribution in [-0.4, -0.2) is 82.7 Å². The second-order valence-electron chi connectivity index (χ2n) is 9.86. The molecule has 4 rings (SSSR count). The molecule has 3 aliphatic rings. The molecule has 0 bridgehead atoms. The van der Waals surface area contributed by atoms with E-state index in [9.17, 15) is 24.0 Å². The number of hydrogen-bond donors (Lipinski definition) is 2. The lowest BCUT2D eigenvalue weighted by Crippen LogP contribution is -2.47. The van der Waals surface area contributed by atoms with Gasteiger partial charge in [0, 0.05) is 56.4 Å². The van der Waals surface area contributed by atoms with Crippen LogP contribution in [0.25, 0.3) is 0 Å². The summed E-state index contributed by atoms with van der Waals surface area (Å²) in [4.78, 5) is 68.3. The number of likely N-dealkylation sites (tertiary alicyclic amines) is 1. The lowest BCUT2D eigenvalue weighted by atomic mass is 9.97. The van der Waals surface area contributed by atoms with Gasteiger partial charge in [-0.15, -0.1) is 11.8 Å². The second kappa shape index (κ2) is 13.0. The molecule has 1 fully saturated rings. The summed E-state index contributed by atoms with van der Waals surface area (Å²) in [7, 11) is 0. The minimum absolute atomic E-state index is 0.00506. The molecule has 3 heterocycles. The summed E-state index contributed by atoms with van der Waals surface area (Å²) in [5.74, 6) is -0.132. The van der Waals surface area contributed by atoms with Gasteiger partial charge in [-0.25, -0.2) is 0 Å². The molecular formula is C27H35N5O5S. The van der Waals surface area contributed by atoms with Gasteiger partial charge in [0.2, 0.25) is 11.8 Å². The zero-order chi connectivity index (χ0) is 27.1. The standard InChI is InChI=1S/C27H35N5O5S/c28-24(35)22(5-4-15-33)32-26(36)20-8-7-19(17-21(20)27(32)37)29-11-3-1-2-6-23(34)31-13-9-18(10-14-31)25-30-12-16-38-25/h7-8,15,17-18,22,29H,1-6,9-14,16H2,(H2,28,35). The quantitative estimate of drug-likeness (QED) is 0.222. The summed E-state index contributed by atoms with van der Waals surface area (Å²) in [6.45, 7) is 3.22. The predicted octanol–water partition coefficient (Wildman–Crippen LogP) is 2.47.